The summed E-state index contributed by atoms with van der Waals surface area (Å²) in [5.74, 6) is 1.07. The first kappa shape index (κ1) is 24.3. The van der Waals surface area contributed by atoms with Crippen LogP contribution in [0.25, 0.3) is 11.4 Å². The first-order valence-corrected chi connectivity index (χ1v) is 13.0. The molecule has 0 bridgehead atoms. The fraction of sp³-hybridized carbons (Fsp3) is 0.542. The summed E-state index contributed by atoms with van der Waals surface area (Å²) in [6.45, 7) is 8.57. The van der Waals surface area contributed by atoms with Crippen LogP contribution < -0.4 is 5.32 Å². The molecule has 1 aliphatic heterocycles. The molecule has 2 aliphatic rings. The van der Waals surface area contributed by atoms with Crippen molar-refractivity contribution in [2.45, 2.75) is 49.3 Å². The molecular weight excluding hydrogens is 458 g/mol. The number of ether oxygens (including phenoxy) is 1. The van der Waals surface area contributed by atoms with Gasteiger partial charge in [-0.1, -0.05) is 48.7 Å². The van der Waals surface area contributed by atoms with Gasteiger partial charge in [-0.3, -0.25) is 14.3 Å². The number of amides is 1. The standard InChI is InChI=1S/C24H32ClN5O2S/c1-2-12-30-22(19-6-8-20(25)9-7-19)27-28-23(30)33-17-21(31)26-18-24(10-4-3-5-11-24)29-13-15-32-16-14-29/h2,6-9H,1,3-5,10-18H2,(H,26,31). The molecule has 1 aliphatic carbocycles. The number of nitrogens with zero attached hydrogens (tertiary/aromatic N) is 4. The van der Waals surface area contributed by atoms with Gasteiger partial charge in [-0.05, 0) is 37.1 Å². The number of thioether (sulfide) groups is 1. The number of rotatable bonds is 9. The normalized spacial score (nSPS) is 18.7. The van der Waals surface area contributed by atoms with Gasteiger partial charge in [-0.2, -0.15) is 0 Å². The maximum absolute atomic E-state index is 12.8. The lowest BCUT2D eigenvalue weighted by atomic mass is 9.79. The summed E-state index contributed by atoms with van der Waals surface area (Å²) in [7, 11) is 0. The minimum Gasteiger partial charge on any atom is -0.379 e. The molecule has 1 amide bonds. The lowest BCUT2D eigenvalue weighted by molar-refractivity contribution is -0.119. The zero-order chi connectivity index (χ0) is 23.1. The SMILES string of the molecule is C=CCn1c(SCC(=O)NCC2(N3CCOCC3)CCCCC2)nnc1-c1ccc(Cl)cc1. The van der Waals surface area contributed by atoms with Crippen LogP contribution in [0.2, 0.25) is 5.02 Å². The molecule has 1 aromatic heterocycles. The molecule has 2 heterocycles. The molecule has 9 heteroatoms. The number of morpholine rings is 1. The van der Waals surface area contributed by atoms with Crippen molar-refractivity contribution < 1.29 is 9.53 Å². The van der Waals surface area contributed by atoms with Crippen LogP contribution >= 0.6 is 23.4 Å². The summed E-state index contributed by atoms with van der Waals surface area (Å²) in [6, 6.07) is 7.50. The van der Waals surface area contributed by atoms with Crippen LogP contribution in [-0.4, -0.2) is 69.7 Å². The average molecular weight is 490 g/mol. The Morgan fingerprint density at radius 1 is 1.18 bits per heavy atom. The van der Waals surface area contributed by atoms with E-state index in [-0.39, 0.29) is 11.4 Å². The summed E-state index contributed by atoms with van der Waals surface area (Å²) in [6.07, 6.45) is 7.81. The third-order valence-corrected chi connectivity index (χ3v) is 7.76. The quantitative estimate of drug-likeness (QED) is 0.423. The molecule has 4 rings (SSSR count). The van der Waals surface area contributed by atoms with Crippen molar-refractivity contribution >= 4 is 29.3 Å². The fourth-order valence-electron chi connectivity index (χ4n) is 4.80. The number of carbonyl (C=O) groups is 1. The van der Waals surface area contributed by atoms with Crippen LogP contribution in [0.1, 0.15) is 32.1 Å². The Labute approximate surface area is 204 Å². The van der Waals surface area contributed by atoms with Gasteiger partial charge in [0.2, 0.25) is 5.91 Å². The second kappa shape index (κ2) is 11.5. The molecule has 178 valence electrons. The number of benzene rings is 1. The van der Waals surface area contributed by atoms with Crippen LogP contribution in [0.4, 0.5) is 0 Å². The van der Waals surface area contributed by atoms with Crippen molar-refractivity contribution in [3.8, 4) is 11.4 Å². The van der Waals surface area contributed by atoms with Gasteiger partial charge in [0.25, 0.3) is 0 Å². The molecule has 2 fully saturated rings. The number of allylic oxidation sites excluding steroid dienone is 1. The van der Waals surface area contributed by atoms with E-state index in [2.05, 4.69) is 27.0 Å². The summed E-state index contributed by atoms with van der Waals surface area (Å²) in [5, 5.41) is 13.3. The van der Waals surface area contributed by atoms with E-state index in [1.165, 1.54) is 31.0 Å². The Hall–Kier alpha value is -1.87. The summed E-state index contributed by atoms with van der Waals surface area (Å²) >= 11 is 7.42. The van der Waals surface area contributed by atoms with Crippen molar-refractivity contribution in [3.05, 3.63) is 41.9 Å². The largest absolute Gasteiger partial charge is 0.379 e. The van der Waals surface area contributed by atoms with Crippen LogP contribution in [-0.2, 0) is 16.1 Å². The number of carbonyl (C=O) groups excluding carboxylic acids is 1. The lowest BCUT2D eigenvalue weighted by Gasteiger charge is -2.48. The number of hydrogen-bond acceptors (Lipinski definition) is 6. The molecule has 1 saturated heterocycles. The molecule has 2 aromatic rings. The van der Waals surface area contributed by atoms with Crippen LogP contribution in [0.3, 0.4) is 0 Å². The van der Waals surface area contributed by atoms with Gasteiger partial charge >= 0.3 is 0 Å². The smallest absolute Gasteiger partial charge is 0.230 e. The Kier molecular flexibility index (Phi) is 8.46. The zero-order valence-electron chi connectivity index (χ0n) is 19.0. The molecule has 7 nitrogen and oxygen atoms in total. The minimum absolute atomic E-state index is 0.0272. The summed E-state index contributed by atoms with van der Waals surface area (Å²) in [4.78, 5) is 15.3. The maximum Gasteiger partial charge on any atom is 0.230 e. The zero-order valence-corrected chi connectivity index (χ0v) is 20.5. The molecule has 0 radical (unpaired) electrons. The highest BCUT2D eigenvalue weighted by molar-refractivity contribution is 7.99. The van der Waals surface area contributed by atoms with Gasteiger partial charge in [-0.15, -0.1) is 16.8 Å². The van der Waals surface area contributed by atoms with Crippen molar-refractivity contribution in [2.24, 2.45) is 0 Å². The molecule has 0 unspecified atom stereocenters. The minimum atomic E-state index is 0.0272. The number of nitrogens with one attached hydrogen (secondary N) is 1. The van der Waals surface area contributed by atoms with Crippen molar-refractivity contribution in [1.29, 1.82) is 0 Å². The van der Waals surface area contributed by atoms with Crippen molar-refractivity contribution in [2.75, 3.05) is 38.6 Å². The molecular formula is C24H32ClN5O2S. The summed E-state index contributed by atoms with van der Waals surface area (Å²) < 4.78 is 7.54. The predicted octanol–water partition coefficient (Wildman–Crippen LogP) is 4.03. The maximum atomic E-state index is 12.8. The third-order valence-electron chi connectivity index (χ3n) is 6.54. The van der Waals surface area contributed by atoms with Crippen LogP contribution in [0, 0.1) is 0 Å². The fourth-order valence-corrected chi connectivity index (χ4v) is 5.70. The van der Waals surface area contributed by atoms with E-state index in [1.807, 2.05) is 34.9 Å². The van der Waals surface area contributed by atoms with Gasteiger partial charge in [0.15, 0.2) is 11.0 Å². The molecule has 1 N–H and O–H groups in total. The van der Waals surface area contributed by atoms with Gasteiger partial charge in [0, 0.05) is 42.3 Å². The molecule has 33 heavy (non-hydrogen) atoms. The Morgan fingerprint density at radius 2 is 1.91 bits per heavy atom. The van der Waals surface area contributed by atoms with Crippen LogP contribution in [0.5, 0.6) is 0 Å². The van der Waals surface area contributed by atoms with Crippen molar-refractivity contribution in [3.63, 3.8) is 0 Å². The highest BCUT2D eigenvalue weighted by Gasteiger charge is 2.38. The monoisotopic (exact) mass is 489 g/mol. The van der Waals surface area contributed by atoms with E-state index in [0.29, 0.717) is 29.0 Å². The molecule has 1 aromatic carbocycles. The third kappa shape index (κ3) is 5.98. The Balaban J connectivity index is 1.38. The van der Waals surface area contributed by atoms with E-state index >= 15 is 0 Å². The van der Waals surface area contributed by atoms with E-state index in [9.17, 15) is 4.79 Å². The number of aromatic nitrogens is 3. The molecule has 0 atom stereocenters. The number of hydrogen-bond donors (Lipinski definition) is 1. The highest BCUT2D eigenvalue weighted by Crippen LogP contribution is 2.34. The Bertz CT molecular complexity index is 937. The first-order chi connectivity index (χ1) is 16.1. The highest BCUT2D eigenvalue weighted by atomic mass is 35.5. The summed E-state index contributed by atoms with van der Waals surface area (Å²) in [5.41, 5.74) is 0.988. The van der Waals surface area contributed by atoms with Gasteiger partial charge in [-0.25, -0.2) is 0 Å². The topological polar surface area (TPSA) is 72.3 Å². The van der Waals surface area contributed by atoms with Crippen molar-refractivity contribution in [1.82, 2.24) is 25.0 Å². The predicted molar refractivity (Wildman–Crippen MR) is 133 cm³/mol. The lowest BCUT2D eigenvalue weighted by Crippen LogP contribution is -2.59. The second-order valence-electron chi connectivity index (χ2n) is 8.66. The van der Waals surface area contributed by atoms with E-state index < -0.39 is 0 Å². The van der Waals surface area contributed by atoms with Crippen LogP contribution in [0.15, 0.2) is 42.1 Å². The first-order valence-electron chi connectivity index (χ1n) is 11.6. The molecule has 0 spiro atoms. The molecule has 1 saturated carbocycles. The number of halogens is 1. The van der Waals surface area contributed by atoms with Gasteiger partial charge < -0.3 is 10.1 Å². The van der Waals surface area contributed by atoms with Gasteiger partial charge in [0.05, 0.1) is 19.0 Å². The second-order valence-corrected chi connectivity index (χ2v) is 10.0. The van der Waals surface area contributed by atoms with E-state index in [0.717, 1.165) is 50.5 Å². The van der Waals surface area contributed by atoms with Gasteiger partial charge in [0.1, 0.15) is 0 Å². The average Bonchev–Trinajstić information content (AvgIpc) is 3.26. The van der Waals surface area contributed by atoms with E-state index in [4.69, 9.17) is 16.3 Å². The Morgan fingerprint density at radius 3 is 2.61 bits per heavy atom. The van der Waals surface area contributed by atoms with E-state index in [1.54, 1.807) is 0 Å².